The van der Waals surface area contributed by atoms with E-state index < -0.39 is 12.1 Å². The number of amides is 2. The largest absolute Gasteiger partial charge is 0.446 e. The van der Waals surface area contributed by atoms with Gasteiger partial charge in [-0.25, -0.2) is 9.69 Å². The van der Waals surface area contributed by atoms with Gasteiger partial charge >= 0.3 is 6.09 Å². The Morgan fingerprint density at radius 1 is 1.17 bits per heavy atom. The fourth-order valence-electron chi connectivity index (χ4n) is 2.63. The quantitative estimate of drug-likeness (QED) is 0.774. The van der Waals surface area contributed by atoms with Crippen molar-refractivity contribution in [2.24, 2.45) is 0 Å². The molecule has 0 radical (unpaired) electrons. The van der Waals surface area contributed by atoms with Crippen molar-refractivity contribution in [3.8, 4) is 0 Å². The number of cyclic esters (lactones) is 1. The fraction of sp³-hybridized carbons (Fsp3) is 0.158. The van der Waals surface area contributed by atoms with Gasteiger partial charge in [-0.15, -0.1) is 0 Å². The van der Waals surface area contributed by atoms with Gasteiger partial charge in [-0.2, -0.15) is 0 Å². The molecule has 1 aliphatic rings. The molecule has 1 atom stereocenters. The third-order valence-corrected chi connectivity index (χ3v) is 4.12. The van der Waals surface area contributed by atoms with Gasteiger partial charge in [0.2, 0.25) is 0 Å². The smallest absolute Gasteiger partial charge is 0.417 e. The molecule has 0 N–H and O–H groups in total. The van der Waals surface area contributed by atoms with Crippen LogP contribution in [0, 0.1) is 0 Å². The summed E-state index contributed by atoms with van der Waals surface area (Å²) in [6.45, 7) is 1.85. The molecule has 3 rings (SSSR count). The normalized spacial score (nSPS) is 17.8. The molecule has 24 heavy (non-hydrogen) atoms. The molecular weight excluding hydrogens is 326 g/mol. The summed E-state index contributed by atoms with van der Waals surface area (Å²) in [4.78, 5) is 26.0. The number of hydrogen-bond donors (Lipinski definition) is 0. The molecule has 2 aromatic rings. The second kappa shape index (κ2) is 6.89. The van der Waals surface area contributed by atoms with E-state index in [1.807, 2.05) is 42.5 Å². The molecule has 0 aromatic heterocycles. The highest BCUT2D eigenvalue weighted by Gasteiger charge is 2.39. The van der Waals surface area contributed by atoms with Crippen LogP contribution in [-0.4, -0.2) is 23.5 Å². The fourth-order valence-corrected chi connectivity index (χ4v) is 2.75. The number of rotatable bonds is 3. The monoisotopic (exact) mass is 341 g/mol. The SMILES string of the molecule is CC(=Cc1ccc(Cl)cc1)C(=O)N1C(=O)OCC1c1ccccc1. The Morgan fingerprint density at radius 2 is 1.83 bits per heavy atom. The maximum absolute atomic E-state index is 12.7. The van der Waals surface area contributed by atoms with E-state index in [0.29, 0.717) is 10.6 Å². The van der Waals surface area contributed by atoms with Gasteiger partial charge in [0, 0.05) is 10.6 Å². The van der Waals surface area contributed by atoms with E-state index in [1.54, 1.807) is 25.1 Å². The molecule has 1 aliphatic heterocycles. The van der Waals surface area contributed by atoms with Crippen LogP contribution in [-0.2, 0) is 9.53 Å². The van der Waals surface area contributed by atoms with Gasteiger partial charge in [0.15, 0.2) is 0 Å². The highest BCUT2D eigenvalue weighted by atomic mass is 35.5. The summed E-state index contributed by atoms with van der Waals surface area (Å²) in [6, 6.07) is 16.1. The van der Waals surface area contributed by atoms with Crippen LogP contribution in [0.3, 0.4) is 0 Å². The molecular formula is C19H16ClNO3. The summed E-state index contributed by atoms with van der Waals surface area (Å²) in [6.07, 6.45) is 1.12. The van der Waals surface area contributed by atoms with Crippen molar-refractivity contribution in [2.75, 3.05) is 6.61 Å². The van der Waals surface area contributed by atoms with Gasteiger partial charge in [-0.05, 0) is 36.3 Å². The predicted octanol–water partition coefficient (Wildman–Crippen LogP) is 4.46. The lowest BCUT2D eigenvalue weighted by Gasteiger charge is -2.20. The molecule has 0 saturated carbocycles. The number of carbonyl (C=O) groups is 2. The number of nitrogens with zero attached hydrogens (tertiary/aromatic N) is 1. The van der Waals surface area contributed by atoms with Gasteiger partial charge in [0.25, 0.3) is 5.91 Å². The first-order chi connectivity index (χ1) is 11.6. The van der Waals surface area contributed by atoms with Crippen molar-refractivity contribution in [1.82, 2.24) is 4.90 Å². The summed E-state index contributed by atoms with van der Waals surface area (Å²) in [5, 5.41) is 0.628. The zero-order valence-electron chi connectivity index (χ0n) is 13.1. The predicted molar refractivity (Wildman–Crippen MR) is 92.5 cm³/mol. The van der Waals surface area contributed by atoms with E-state index in [9.17, 15) is 9.59 Å². The lowest BCUT2D eigenvalue weighted by molar-refractivity contribution is -0.125. The second-order valence-corrected chi connectivity index (χ2v) is 5.99. The average Bonchev–Trinajstić information content (AvgIpc) is 2.98. The van der Waals surface area contributed by atoms with Crippen LogP contribution in [0.1, 0.15) is 24.1 Å². The van der Waals surface area contributed by atoms with Gasteiger partial charge in [-0.1, -0.05) is 54.1 Å². The number of halogens is 1. The second-order valence-electron chi connectivity index (χ2n) is 5.56. The molecule has 122 valence electrons. The minimum atomic E-state index is -0.613. The Kier molecular flexibility index (Phi) is 4.67. The van der Waals surface area contributed by atoms with E-state index >= 15 is 0 Å². The first-order valence-corrected chi connectivity index (χ1v) is 7.93. The lowest BCUT2D eigenvalue weighted by atomic mass is 10.1. The van der Waals surface area contributed by atoms with E-state index in [-0.39, 0.29) is 12.5 Å². The third-order valence-electron chi connectivity index (χ3n) is 3.87. The van der Waals surface area contributed by atoms with Crippen LogP contribution < -0.4 is 0 Å². The van der Waals surface area contributed by atoms with E-state index in [0.717, 1.165) is 11.1 Å². The highest BCUT2D eigenvalue weighted by Crippen LogP contribution is 2.29. The van der Waals surface area contributed by atoms with Crippen molar-refractivity contribution in [3.05, 3.63) is 76.3 Å². The zero-order chi connectivity index (χ0) is 17.1. The number of hydrogen-bond acceptors (Lipinski definition) is 3. The Balaban J connectivity index is 1.86. The maximum atomic E-state index is 12.7. The molecule has 5 heteroatoms. The number of benzene rings is 2. The Bertz CT molecular complexity index is 784. The van der Waals surface area contributed by atoms with Gasteiger partial charge in [0.05, 0.1) is 0 Å². The van der Waals surface area contributed by atoms with Crippen LogP contribution >= 0.6 is 11.6 Å². The van der Waals surface area contributed by atoms with Crippen molar-refractivity contribution in [2.45, 2.75) is 13.0 Å². The first-order valence-electron chi connectivity index (χ1n) is 7.55. The first kappa shape index (κ1) is 16.3. The van der Waals surface area contributed by atoms with Crippen LogP contribution in [0.15, 0.2) is 60.2 Å². The molecule has 1 fully saturated rings. The van der Waals surface area contributed by atoms with Crippen LogP contribution in [0.2, 0.25) is 5.02 Å². The topological polar surface area (TPSA) is 46.6 Å². The number of ether oxygens (including phenoxy) is 1. The standard InChI is InChI=1S/C19H16ClNO3/c1-13(11-14-7-9-16(20)10-8-14)18(22)21-17(12-24-19(21)23)15-5-3-2-4-6-15/h2-11,17H,12H2,1H3. The lowest BCUT2D eigenvalue weighted by Crippen LogP contribution is -2.34. The average molecular weight is 342 g/mol. The molecule has 2 amide bonds. The highest BCUT2D eigenvalue weighted by molar-refractivity contribution is 6.30. The minimum absolute atomic E-state index is 0.169. The van der Waals surface area contributed by atoms with Crippen LogP contribution in [0.5, 0.6) is 0 Å². The molecule has 0 spiro atoms. The van der Waals surface area contributed by atoms with Gasteiger partial charge in [0.1, 0.15) is 12.6 Å². The minimum Gasteiger partial charge on any atom is -0.446 e. The molecule has 1 unspecified atom stereocenters. The molecule has 4 nitrogen and oxygen atoms in total. The van der Waals surface area contributed by atoms with Crippen molar-refractivity contribution in [3.63, 3.8) is 0 Å². The van der Waals surface area contributed by atoms with E-state index in [2.05, 4.69) is 0 Å². The van der Waals surface area contributed by atoms with Gasteiger partial charge < -0.3 is 4.74 Å². The van der Waals surface area contributed by atoms with Gasteiger partial charge in [-0.3, -0.25) is 4.79 Å². The molecule has 1 heterocycles. The summed E-state index contributed by atoms with van der Waals surface area (Å²) in [7, 11) is 0. The molecule has 2 aromatic carbocycles. The number of imide groups is 1. The molecule has 1 saturated heterocycles. The Hall–Kier alpha value is -2.59. The van der Waals surface area contributed by atoms with Crippen molar-refractivity contribution in [1.29, 1.82) is 0 Å². The zero-order valence-corrected chi connectivity index (χ0v) is 13.9. The summed E-state index contributed by atoms with van der Waals surface area (Å²) in [5.74, 6) is -0.360. The van der Waals surface area contributed by atoms with Crippen LogP contribution in [0.4, 0.5) is 4.79 Å². The summed E-state index contributed by atoms with van der Waals surface area (Å²) in [5.41, 5.74) is 2.17. The summed E-state index contributed by atoms with van der Waals surface area (Å²) < 4.78 is 5.09. The molecule has 0 aliphatic carbocycles. The van der Waals surface area contributed by atoms with E-state index in [4.69, 9.17) is 16.3 Å². The Morgan fingerprint density at radius 3 is 2.50 bits per heavy atom. The summed E-state index contributed by atoms with van der Waals surface area (Å²) >= 11 is 5.86. The van der Waals surface area contributed by atoms with E-state index in [1.165, 1.54) is 4.90 Å². The third kappa shape index (κ3) is 3.34. The van der Waals surface area contributed by atoms with Crippen LogP contribution in [0.25, 0.3) is 6.08 Å². The van der Waals surface area contributed by atoms with Crippen molar-refractivity contribution >= 4 is 29.7 Å². The number of carbonyl (C=O) groups excluding carboxylic acids is 2. The Labute approximate surface area is 145 Å². The molecule has 0 bridgehead atoms. The maximum Gasteiger partial charge on any atom is 0.417 e. The van der Waals surface area contributed by atoms with Crippen molar-refractivity contribution < 1.29 is 14.3 Å².